The van der Waals surface area contributed by atoms with Crippen LogP contribution in [0.3, 0.4) is 0 Å². The van der Waals surface area contributed by atoms with Crippen LogP contribution in [0.15, 0.2) is 53.4 Å². The van der Waals surface area contributed by atoms with Crippen LogP contribution in [0.25, 0.3) is 0 Å². The number of anilines is 2. The first-order chi connectivity index (χ1) is 11.5. The Hall–Kier alpha value is -2.21. The molecule has 0 heterocycles. The summed E-state index contributed by atoms with van der Waals surface area (Å²) >= 11 is 0. The smallest absolute Gasteiger partial charge is 0.261 e. The molecule has 0 saturated carbocycles. The van der Waals surface area contributed by atoms with E-state index in [-0.39, 0.29) is 4.90 Å². The molecule has 2 aromatic rings. The van der Waals surface area contributed by atoms with Crippen molar-refractivity contribution in [3.63, 3.8) is 0 Å². The quantitative estimate of drug-likeness (QED) is 0.790. The Bertz CT molecular complexity index is 741. The minimum atomic E-state index is -3.60. The topological polar surface area (TPSA) is 58.6 Å². The first-order valence-corrected chi connectivity index (χ1v) is 9.42. The van der Waals surface area contributed by atoms with E-state index >= 15 is 0 Å². The monoisotopic (exact) mass is 348 g/mol. The molecule has 2 rings (SSSR count). The molecule has 130 valence electrons. The third-order valence-electron chi connectivity index (χ3n) is 3.78. The maximum Gasteiger partial charge on any atom is 0.261 e. The Morgan fingerprint density at radius 1 is 1.04 bits per heavy atom. The summed E-state index contributed by atoms with van der Waals surface area (Å²) in [6, 6.07) is 13.7. The zero-order chi connectivity index (χ0) is 17.6. The summed E-state index contributed by atoms with van der Waals surface area (Å²) in [5, 5.41) is 0. The van der Waals surface area contributed by atoms with Gasteiger partial charge in [-0.25, -0.2) is 8.42 Å². The molecule has 0 saturated heterocycles. The Morgan fingerprint density at radius 3 is 2.21 bits per heavy atom. The van der Waals surface area contributed by atoms with Gasteiger partial charge in [0.2, 0.25) is 0 Å². The molecule has 5 nitrogen and oxygen atoms in total. The van der Waals surface area contributed by atoms with E-state index in [1.165, 1.54) is 12.1 Å². The van der Waals surface area contributed by atoms with Crippen LogP contribution in [0.4, 0.5) is 11.4 Å². The highest BCUT2D eigenvalue weighted by molar-refractivity contribution is 7.92. The van der Waals surface area contributed by atoms with Gasteiger partial charge in [0.15, 0.2) is 0 Å². The van der Waals surface area contributed by atoms with Crippen LogP contribution in [-0.4, -0.2) is 29.1 Å². The third-order valence-corrected chi connectivity index (χ3v) is 5.17. The van der Waals surface area contributed by atoms with Gasteiger partial charge >= 0.3 is 0 Å². The van der Waals surface area contributed by atoms with Crippen molar-refractivity contribution >= 4 is 21.4 Å². The molecule has 0 radical (unpaired) electrons. The Kier molecular flexibility index (Phi) is 6.09. The zero-order valence-corrected chi connectivity index (χ0v) is 15.1. The number of ether oxygens (including phenoxy) is 1. The lowest BCUT2D eigenvalue weighted by atomic mass is 10.2. The normalized spacial score (nSPS) is 11.1. The summed E-state index contributed by atoms with van der Waals surface area (Å²) in [6.07, 6.45) is 2.27. The second kappa shape index (κ2) is 8.06. The van der Waals surface area contributed by atoms with Gasteiger partial charge in [-0.05, 0) is 55.0 Å². The molecular weight excluding hydrogens is 324 g/mol. The molecule has 0 bridgehead atoms. The lowest BCUT2D eigenvalue weighted by molar-refractivity contribution is 0.414. The highest BCUT2D eigenvalue weighted by atomic mass is 32.2. The first-order valence-electron chi connectivity index (χ1n) is 7.94. The van der Waals surface area contributed by atoms with Gasteiger partial charge in [-0.15, -0.1) is 0 Å². The van der Waals surface area contributed by atoms with Crippen LogP contribution in [0.2, 0.25) is 0 Å². The number of methoxy groups -OCH3 is 1. The molecule has 0 aliphatic rings. The lowest BCUT2D eigenvalue weighted by Crippen LogP contribution is -2.18. The Balaban J connectivity index is 2.09. The minimum absolute atomic E-state index is 0.201. The van der Waals surface area contributed by atoms with E-state index in [4.69, 9.17) is 4.74 Å². The minimum Gasteiger partial charge on any atom is -0.497 e. The van der Waals surface area contributed by atoms with Crippen molar-refractivity contribution in [1.82, 2.24) is 0 Å². The van der Waals surface area contributed by atoms with Gasteiger partial charge in [0, 0.05) is 25.0 Å². The number of rotatable bonds is 8. The fraction of sp³-hybridized carbons (Fsp3) is 0.333. The van der Waals surface area contributed by atoms with Crippen molar-refractivity contribution < 1.29 is 13.2 Å². The molecule has 0 atom stereocenters. The number of sulfonamides is 1. The maximum absolute atomic E-state index is 12.4. The number of hydrogen-bond donors (Lipinski definition) is 1. The van der Waals surface area contributed by atoms with Crippen LogP contribution in [0, 0.1) is 0 Å². The highest BCUT2D eigenvalue weighted by Crippen LogP contribution is 2.21. The van der Waals surface area contributed by atoms with E-state index in [0.717, 1.165) is 25.1 Å². The van der Waals surface area contributed by atoms with E-state index in [1.807, 2.05) is 19.2 Å². The summed E-state index contributed by atoms with van der Waals surface area (Å²) in [7, 11) is -0.0283. The van der Waals surface area contributed by atoms with Crippen molar-refractivity contribution in [3.05, 3.63) is 48.5 Å². The van der Waals surface area contributed by atoms with Crippen LogP contribution in [-0.2, 0) is 10.0 Å². The van der Waals surface area contributed by atoms with Crippen molar-refractivity contribution in [2.75, 3.05) is 30.3 Å². The fourth-order valence-electron chi connectivity index (χ4n) is 2.28. The summed E-state index contributed by atoms with van der Waals surface area (Å²) in [4.78, 5) is 2.36. The highest BCUT2D eigenvalue weighted by Gasteiger charge is 2.14. The molecule has 0 aliphatic heterocycles. The largest absolute Gasteiger partial charge is 0.497 e. The van der Waals surface area contributed by atoms with Gasteiger partial charge in [0.1, 0.15) is 5.75 Å². The SMILES string of the molecule is CCCCN(C)c1ccc(NS(=O)(=O)c2ccc(OC)cc2)cc1. The van der Waals surface area contributed by atoms with Gasteiger partial charge in [-0.2, -0.15) is 0 Å². The van der Waals surface area contributed by atoms with E-state index < -0.39 is 10.0 Å². The van der Waals surface area contributed by atoms with E-state index in [0.29, 0.717) is 11.4 Å². The van der Waals surface area contributed by atoms with Crippen LogP contribution >= 0.6 is 0 Å². The van der Waals surface area contributed by atoms with Gasteiger partial charge < -0.3 is 9.64 Å². The summed E-state index contributed by atoms with van der Waals surface area (Å²) in [5.41, 5.74) is 1.61. The third kappa shape index (κ3) is 4.64. The maximum atomic E-state index is 12.4. The average molecular weight is 348 g/mol. The number of hydrogen-bond acceptors (Lipinski definition) is 4. The van der Waals surface area contributed by atoms with Crippen LogP contribution in [0.5, 0.6) is 5.75 Å². The average Bonchev–Trinajstić information content (AvgIpc) is 2.60. The van der Waals surface area contributed by atoms with Crippen molar-refractivity contribution in [2.45, 2.75) is 24.7 Å². The van der Waals surface area contributed by atoms with Gasteiger partial charge in [0.05, 0.1) is 12.0 Å². The van der Waals surface area contributed by atoms with Crippen molar-refractivity contribution in [2.24, 2.45) is 0 Å². The molecular formula is C18H24N2O3S. The molecule has 0 aliphatic carbocycles. The zero-order valence-electron chi connectivity index (χ0n) is 14.3. The first kappa shape index (κ1) is 18.1. The second-order valence-corrected chi connectivity index (χ2v) is 7.29. The number of nitrogens with zero attached hydrogens (tertiary/aromatic N) is 1. The van der Waals surface area contributed by atoms with Gasteiger partial charge in [0.25, 0.3) is 10.0 Å². The standard InChI is InChI=1S/C18H24N2O3S/c1-4-5-14-20(2)16-8-6-15(7-9-16)19-24(21,22)18-12-10-17(23-3)11-13-18/h6-13,19H,4-5,14H2,1-3H3. The van der Waals surface area contributed by atoms with E-state index in [2.05, 4.69) is 16.5 Å². The Morgan fingerprint density at radius 2 is 1.67 bits per heavy atom. The number of unbranched alkanes of at least 4 members (excludes halogenated alkanes) is 1. The fourth-order valence-corrected chi connectivity index (χ4v) is 3.34. The second-order valence-electron chi connectivity index (χ2n) is 5.60. The molecule has 2 aromatic carbocycles. The molecule has 0 fully saturated rings. The molecule has 0 amide bonds. The van der Waals surface area contributed by atoms with Crippen LogP contribution in [0.1, 0.15) is 19.8 Å². The van der Waals surface area contributed by atoms with Gasteiger partial charge in [-0.1, -0.05) is 13.3 Å². The molecule has 24 heavy (non-hydrogen) atoms. The molecule has 0 spiro atoms. The van der Waals surface area contributed by atoms with Gasteiger partial charge in [-0.3, -0.25) is 4.72 Å². The molecule has 0 unspecified atom stereocenters. The molecule has 6 heteroatoms. The number of benzene rings is 2. The van der Waals surface area contributed by atoms with Crippen LogP contribution < -0.4 is 14.4 Å². The molecule has 0 aromatic heterocycles. The molecule has 1 N–H and O–H groups in total. The summed E-state index contributed by atoms with van der Waals surface area (Å²) in [5.74, 6) is 0.619. The summed E-state index contributed by atoms with van der Waals surface area (Å²) in [6.45, 7) is 3.14. The predicted octanol–water partition coefficient (Wildman–Crippen LogP) is 3.73. The van der Waals surface area contributed by atoms with Crippen molar-refractivity contribution in [1.29, 1.82) is 0 Å². The van der Waals surface area contributed by atoms with E-state index in [1.54, 1.807) is 31.4 Å². The summed E-state index contributed by atoms with van der Waals surface area (Å²) < 4.78 is 32.4. The Labute approximate surface area is 144 Å². The lowest BCUT2D eigenvalue weighted by Gasteiger charge is -2.19. The predicted molar refractivity (Wildman–Crippen MR) is 98.4 cm³/mol. The number of nitrogens with one attached hydrogen (secondary N) is 1. The van der Waals surface area contributed by atoms with E-state index in [9.17, 15) is 8.42 Å². The van der Waals surface area contributed by atoms with Crippen molar-refractivity contribution in [3.8, 4) is 5.75 Å².